The van der Waals surface area contributed by atoms with Gasteiger partial charge in [0.15, 0.2) is 11.0 Å². The molecule has 0 saturated heterocycles. The summed E-state index contributed by atoms with van der Waals surface area (Å²) in [6, 6.07) is 12.4. The van der Waals surface area contributed by atoms with E-state index >= 15 is 0 Å². The minimum atomic E-state index is -0.708. The van der Waals surface area contributed by atoms with Gasteiger partial charge in [0.1, 0.15) is 23.4 Å². The van der Waals surface area contributed by atoms with Gasteiger partial charge in [-0.25, -0.2) is 18.7 Å². The van der Waals surface area contributed by atoms with E-state index in [2.05, 4.69) is 15.3 Å². The molecule has 35 heavy (non-hydrogen) atoms. The minimum absolute atomic E-state index is 0.0162. The smallest absolute Gasteiger partial charge is 0.247 e. The van der Waals surface area contributed by atoms with Crippen LogP contribution in [-0.4, -0.2) is 32.2 Å². The molecule has 2 aromatic carbocycles. The average molecular weight is 497 g/mol. The first kappa shape index (κ1) is 24.8. The third-order valence-corrected chi connectivity index (χ3v) is 6.61. The molecule has 0 saturated carbocycles. The third kappa shape index (κ3) is 5.86. The van der Waals surface area contributed by atoms with E-state index < -0.39 is 11.9 Å². The van der Waals surface area contributed by atoms with Crippen molar-refractivity contribution in [3.8, 4) is 11.5 Å². The van der Waals surface area contributed by atoms with Gasteiger partial charge in [-0.3, -0.25) is 4.79 Å². The number of carbonyl (C=O) groups is 1. The summed E-state index contributed by atoms with van der Waals surface area (Å²) >= 11 is 1.36. The number of nitrogens with one attached hydrogen (secondary N) is 1. The van der Waals surface area contributed by atoms with Gasteiger partial charge in [-0.15, -0.1) is 0 Å². The van der Waals surface area contributed by atoms with Crippen LogP contribution < -0.4 is 5.32 Å². The highest BCUT2D eigenvalue weighted by Crippen LogP contribution is 2.31. The van der Waals surface area contributed by atoms with Crippen molar-refractivity contribution in [2.45, 2.75) is 43.6 Å². The number of amides is 1. The van der Waals surface area contributed by atoms with E-state index in [1.165, 1.54) is 40.7 Å². The predicted octanol–water partition coefficient (Wildman–Crippen LogP) is 5.39. The Bertz CT molecular complexity index is 1290. The maximum absolute atomic E-state index is 14.5. The number of hydrogen-bond acceptors (Lipinski definition) is 5. The molecule has 0 bridgehead atoms. The maximum atomic E-state index is 14.5. The zero-order chi connectivity index (χ0) is 24.9. The normalized spacial score (nSPS) is 12.1. The molecule has 0 fully saturated rings. The van der Waals surface area contributed by atoms with Crippen LogP contribution in [0.15, 0.2) is 59.9 Å². The van der Waals surface area contributed by atoms with Crippen molar-refractivity contribution < 1.29 is 18.7 Å². The van der Waals surface area contributed by atoms with E-state index in [1.807, 2.05) is 32.0 Å². The Morgan fingerprint density at radius 3 is 2.54 bits per heavy atom. The van der Waals surface area contributed by atoms with Gasteiger partial charge in [0.2, 0.25) is 5.91 Å². The number of aryl methyl sites for hydroxylation is 1. The monoisotopic (exact) mass is 496 g/mol. The number of hydrogen-bond donors (Lipinski definition) is 2. The SMILES string of the molecule is CCC(C(=O)Nc1cc(CCO)ccc1C)n1cc(F)cc2nc(SCc3ccc(F)cc3)nc1-2. The van der Waals surface area contributed by atoms with Crippen LogP contribution in [0, 0.1) is 18.6 Å². The van der Waals surface area contributed by atoms with Crippen molar-refractivity contribution in [3.05, 3.63) is 83.1 Å². The highest BCUT2D eigenvalue weighted by atomic mass is 32.2. The Labute approximate surface area is 206 Å². The van der Waals surface area contributed by atoms with Gasteiger partial charge in [0.05, 0.1) is 0 Å². The second-order valence-electron chi connectivity index (χ2n) is 8.23. The van der Waals surface area contributed by atoms with E-state index in [-0.39, 0.29) is 18.3 Å². The molecule has 0 aromatic heterocycles. The Kier molecular flexibility index (Phi) is 7.77. The van der Waals surface area contributed by atoms with Gasteiger partial charge in [0, 0.05) is 30.3 Å². The third-order valence-electron chi connectivity index (χ3n) is 5.69. The fraction of sp³-hybridized carbons (Fsp3) is 0.269. The van der Waals surface area contributed by atoms with Gasteiger partial charge in [-0.2, -0.15) is 0 Å². The summed E-state index contributed by atoms with van der Waals surface area (Å²) in [5.41, 5.74) is 3.72. The van der Waals surface area contributed by atoms with E-state index in [0.29, 0.717) is 41.0 Å². The van der Waals surface area contributed by atoms with Crippen molar-refractivity contribution >= 4 is 23.4 Å². The van der Waals surface area contributed by atoms with Gasteiger partial charge < -0.3 is 15.0 Å². The number of pyridine rings is 1. The molecule has 1 unspecified atom stereocenters. The molecule has 0 spiro atoms. The molecule has 0 radical (unpaired) electrons. The summed E-state index contributed by atoms with van der Waals surface area (Å²) in [7, 11) is 0. The van der Waals surface area contributed by atoms with Crippen LogP contribution in [0.2, 0.25) is 0 Å². The van der Waals surface area contributed by atoms with Crippen molar-refractivity contribution in [2.24, 2.45) is 0 Å². The van der Waals surface area contributed by atoms with Crippen molar-refractivity contribution in [1.29, 1.82) is 0 Å². The molecule has 9 heteroatoms. The lowest BCUT2D eigenvalue weighted by Crippen LogP contribution is -2.27. The van der Waals surface area contributed by atoms with Crippen LogP contribution in [0.5, 0.6) is 0 Å². The Balaban J connectivity index is 1.59. The fourth-order valence-electron chi connectivity index (χ4n) is 3.82. The van der Waals surface area contributed by atoms with Crippen LogP contribution in [-0.2, 0) is 17.0 Å². The highest BCUT2D eigenvalue weighted by Gasteiger charge is 2.26. The average Bonchev–Trinajstić information content (AvgIpc) is 3.24. The molecule has 1 amide bonds. The first-order valence-corrected chi connectivity index (χ1v) is 12.3. The van der Waals surface area contributed by atoms with Crippen LogP contribution in [0.25, 0.3) is 11.5 Å². The summed E-state index contributed by atoms with van der Waals surface area (Å²) in [5, 5.41) is 12.6. The second-order valence-corrected chi connectivity index (χ2v) is 9.17. The number of imidazole rings is 1. The molecule has 2 heterocycles. The van der Waals surface area contributed by atoms with Gasteiger partial charge >= 0.3 is 0 Å². The second kappa shape index (κ2) is 11.0. The van der Waals surface area contributed by atoms with E-state index in [0.717, 1.165) is 16.7 Å². The van der Waals surface area contributed by atoms with Crippen LogP contribution in [0.1, 0.15) is 36.1 Å². The molecule has 0 aliphatic carbocycles. The van der Waals surface area contributed by atoms with Crippen molar-refractivity contribution in [3.63, 3.8) is 0 Å². The van der Waals surface area contributed by atoms with E-state index in [4.69, 9.17) is 0 Å². The van der Waals surface area contributed by atoms with Gasteiger partial charge in [0.25, 0.3) is 0 Å². The zero-order valence-electron chi connectivity index (χ0n) is 19.5. The number of aliphatic hydroxyl groups excluding tert-OH is 1. The first-order valence-electron chi connectivity index (χ1n) is 11.3. The number of fused-ring (bicyclic) bond motifs is 1. The number of aliphatic hydroxyl groups is 1. The molecule has 2 aromatic rings. The topological polar surface area (TPSA) is 80.0 Å². The largest absolute Gasteiger partial charge is 0.396 e. The summed E-state index contributed by atoms with van der Waals surface area (Å²) in [6.07, 6.45) is 2.17. The number of nitrogens with zero attached hydrogens (tertiary/aromatic N) is 3. The number of carbonyl (C=O) groups excluding carboxylic acids is 1. The van der Waals surface area contributed by atoms with Crippen LogP contribution >= 0.6 is 11.8 Å². The maximum Gasteiger partial charge on any atom is 0.247 e. The Morgan fingerprint density at radius 2 is 1.83 bits per heavy atom. The van der Waals surface area contributed by atoms with Gasteiger partial charge in [-0.05, 0) is 54.7 Å². The minimum Gasteiger partial charge on any atom is -0.396 e. The number of rotatable bonds is 9. The number of benzene rings is 2. The lowest BCUT2D eigenvalue weighted by Gasteiger charge is -2.21. The quantitative estimate of drug-likeness (QED) is 0.304. The number of halogens is 2. The Morgan fingerprint density at radius 1 is 1.09 bits per heavy atom. The lowest BCUT2D eigenvalue weighted by molar-refractivity contribution is -0.119. The molecule has 4 rings (SSSR count). The molecule has 2 N–H and O–H groups in total. The fourth-order valence-corrected chi connectivity index (χ4v) is 4.62. The first-order chi connectivity index (χ1) is 16.9. The van der Waals surface area contributed by atoms with Gasteiger partial charge in [-0.1, -0.05) is 43.0 Å². The summed E-state index contributed by atoms with van der Waals surface area (Å²) in [5.74, 6) is -0.164. The molecular weight excluding hydrogens is 470 g/mol. The highest BCUT2D eigenvalue weighted by molar-refractivity contribution is 7.98. The van der Waals surface area contributed by atoms with Crippen molar-refractivity contribution in [2.75, 3.05) is 11.9 Å². The zero-order valence-corrected chi connectivity index (χ0v) is 20.3. The number of anilines is 1. The molecule has 182 valence electrons. The number of thioether (sulfide) groups is 1. The standard InChI is InChI=1S/C26H26F2N4O2S/c1-3-23(25(34)29-21-12-17(10-11-33)5-4-16(21)2)32-14-20(28)13-22-24(32)31-26(30-22)35-15-18-6-8-19(27)9-7-18/h4-9,12-14,23,33H,3,10-11,15H2,1-2H3,(H,29,34). The molecule has 2 aliphatic rings. The van der Waals surface area contributed by atoms with E-state index in [9.17, 15) is 18.7 Å². The van der Waals surface area contributed by atoms with Crippen LogP contribution in [0.3, 0.4) is 0 Å². The molecule has 2 aliphatic heterocycles. The summed E-state index contributed by atoms with van der Waals surface area (Å²) < 4.78 is 29.2. The molecule has 6 nitrogen and oxygen atoms in total. The van der Waals surface area contributed by atoms with E-state index in [1.54, 1.807) is 12.1 Å². The summed E-state index contributed by atoms with van der Waals surface area (Å²) in [6.45, 7) is 3.76. The predicted molar refractivity (Wildman–Crippen MR) is 132 cm³/mol. The lowest BCUT2D eigenvalue weighted by atomic mass is 10.1. The summed E-state index contributed by atoms with van der Waals surface area (Å²) in [4.78, 5) is 22.3. The molecule has 1 atom stereocenters. The Hall–Kier alpha value is -3.30. The van der Waals surface area contributed by atoms with Crippen LogP contribution in [0.4, 0.5) is 14.5 Å². The number of aromatic nitrogens is 3. The molecular formula is C26H26F2N4O2S. The van der Waals surface area contributed by atoms with Crippen molar-refractivity contribution in [1.82, 2.24) is 14.5 Å².